The highest BCUT2D eigenvalue weighted by molar-refractivity contribution is 6.12. The number of nitrogen functional groups attached to an aromatic ring is 1. The Hall–Kier alpha value is -3.71. The van der Waals surface area contributed by atoms with Crippen LogP contribution in [0.25, 0.3) is 16.8 Å². The standard InChI is InChI=1S/C24H23N5O2/c1-24(30)13-18(14-24)23-27-20(21-22(25)26-11-12-29(21)23)17-9-7-16(8-10-17)19(28-31)15-5-3-2-4-6-15/h2-12,18,30-31H,13-14H2,1H3,(H2,25,26)/b28-19+/t18-,24+. The molecule has 156 valence electrons. The lowest BCUT2D eigenvalue weighted by atomic mass is 9.72. The number of fused-ring (bicyclic) bond motifs is 1. The Bertz CT molecular complexity index is 1270. The number of imidazole rings is 1. The van der Waals surface area contributed by atoms with Crippen LogP contribution in [-0.4, -0.2) is 36.0 Å². The van der Waals surface area contributed by atoms with Crippen molar-refractivity contribution in [3.8, 4) is 11.3 Å². The smallest absolute Gasteiger partial charge is 0.150 e. The van der Waals surface area contributed by atoms with Crippen molar-refractivity contribution < 1.29 is 10.3 Å². The Kier molecular flexibility index (Phi) is 4.48. The van der Waals surface area contributed by atoms with E-state index in [-0.39, 0.29) is 5.92 Å². The van der Waals surface area contributed by atoms with Gasteiger partial charge in [0.1, 0.15) is 28.6 Å². The van der Waals surface area contributed by atoms with Crippen LogP contribution in [0.3, 0.4) is 0 Å². The number of nitrogens with two attached hydrogens (primary N) is 1. The highest BCUT2D eigenvalue weighted by Gasteiger charge is 2.41. The van der Waals surface area contributed by atoms with Gasteiger partial charge in [-0.25, -0.2) is 9.97 Å². The molecular formula is C24H23N5O2. The van der Waals surface area contributed by atoms with E-state index in [4.69, 9.17) is 10.7 Å². The second-order valence-corrected chi connectivity index (χ2v) is 8.34. The number of aromatic nitrogens is 3. The molecule has 31 heavy (non-hydrogen) atoms. The van der Waals surface area contributed by atoms with Crippen molar-refractivity contribution >= 4 is 17.0 Å². The molecule has 7 nitrogen and oxygen atoms in total. The molecule has 4 aromatic rings. The zero-order valence-corrected chi connectivity index (χ0v) is 17.1. The summed E-state index contributed by atoms with van der Waals surface area (Å²) in [6.07, 6.45) is 4.87. The van der Waals surface area contributed by atoms with Gasteiger partial charge in [0.25, 0.3) is 0 Å². The van der Waals surface area contributed by atoms with Gasteiger partial charge in [0.2, 0.25) is 0 Å². The highest BCUT2D eigenvalue weighted by Crippen LogP contribution is 2.45. The summed E-state index contributed by atoms with van der Waals surface area (Å²) in [6, 6.07) is 17.2. The molecule has 1 fully saturated rings. The molecular weight excluding hydrogens is 390 g/mol. The zero-order valence-electron chi connectivity index (χ0n) is 17.1. The molecule has 0 unspecified atom stereocenters. The van der Waals surface area contributed by atoms with E-state index in [9.17, 15) is 10.3 Å². The number of hydrogen-bond donors (Lipinski definition) is 3. The van der Waals surface area contributed by atoms with E-state index in [2.05, 4.69) is 10.1 Å². The molecule has 7 heteroatoms. The molecule has 0 amide bonds. The third-order valence-corrected chi connectivity index (χ3v) is 5.93. The first-order chi connectivity index (χ1) is 15.0. The van der Waals surface area contributed by atoms with Gasteiger partial charge >= 0.3 is 0 Å². The predicted octanol–water partition coefficient (Wildman–Crippen LogP) is 3.83. The molecule has 2 aromatic carbocycles. The summed E-state index contributed by atoms with van der Waals surface area (Å²) in [5.74, 6) is 1.47. The summed E-state index contributed by atoms with van der Waals surface area (Å²) in [5, 5.41) is 23.3. The van der Waals surface area contributed by atoms with E-state index in [1.807, 2.05) is 72.1 Å². The zero-order chi connectivity index (χ0) is 21.6. The van der Waals surface area contributed by atoms with Gasteiger partial charge in [-0.2, -0.15) is 0 Å². The first kappa shape index (κ1) is 19.3. The van der Waals surface area contributed by atoms with Crippen molar-refractivity contribution in [2.75, 3.05) is 5.73 Å². The lowest BCUT2D eigenvalue weighted by Crippen LogP contribution is -2.40. The fourth-order valence-electron chi connectivity index (χ4n) is 4.42. The fraction of sp³-hybridized carbons (Fsp3) is 0.208. The van der Waals surface area contributed by atoms with E-state index in [0.717, 1.165) is 33.7 Å². The van der Waals surface area contributed by atoms with Crippen molar-refractivity contribution in [1.82, 2.24) is 14.4 Å². The second-order valence-electron chi connectivity index (χ2n) is 8.34. The van der Waals surface area contributed by atoms with Crippen LogP contribution in [0.1, 0.15) is 42.6 Å². The monoisotopic (exact) mass is 413 g/mol. The van der Waals surface area contributed by atoms with Crippen LogP contribution in [0.4, 0.5) is 5.82 Å². The van der Waals surface area contributed by atoms with E-state index >= 15 is 0 Å². The van der Waals surface area contributed by atoms with Gasteiger partial charge in [0, 0.05) is 35.0 Å². The average molecular weight is 413 g/mol. The number of oxime groups is 1. The average Bonchev–Trinajstić information content (AvgIpc) is 3.14. The Morgan fingerprint density at radius 1 is 1.10 bits per heavy atom. The lowest BCUT2D eigenvalue weighted by Gasteiger charge is -2.40. The summed E-state index contributed by atoms with van der Waals surface area (Å²) in [4.78, 5) is 9.17. The van der Waals surface area contributed by atoms with Gasteiger partial charge in [-0.15, -0.1) is 0 Å². The third-order valence-electron chi connectivity index (χ3n) is 5.93. The van der Waals surface area contributed by atoms with Gasteiger partial charge in [0.05, 0.1) is 5.60 Å². The number of nitrogens with zero attached hydrogens (tertiary/aromatic N) is 4. The van der Waals surface area contributed by atoms with Gasteiger partial charge in [-0.05, 0) is 19.8 Å². The van der Waals surface area contributed by atoms with E-state index in [1.165, 1.54) is 0 Å². The summed E-state index contributed by atoms with van der Waals surface area (Å²) >= 11 is 0. The van der Waals surface area contributed by atoms with Crippen molar-refractivity contribution in [3.05, 3.63) is 83.9 Å². The topological polar surface area (TPSA) is 109 Å². The van der Waals surface area contributed by atoms with Crippen molar-refractivity contribution in [3.63, 3.8) is 0 Å². The van der Waals surface area contributed by atoms with Crippen molar-refractivity contribution in [2.45, 2.75) is 31.3 Å². The minimum Gasteiger partial charge on any atom is -0.410 e. The van der Waals surface area contributed by atoms with Crippen LogP contribution in [0.5, 0.6) is 0 Å². The predicted molar refractivity (Wildman–Crippen MR) is 119 cm³/mol. The number of aliphatic hydroxyl groups is 1. The van der Waals surface area contributed by atoms with E-state index in [0.29, 0.717) is 24.4 Å². The first-order valence-electron chi connectivity index (χ1n) is 10.2. The molecule has 1 aliphatic rings. The maximum absolute atomic E-state index is 10.2. The van der Waals surface area contributed by atoms with Gasteiger partial charge < -0.3 is 16.0 Å². The molecule has 1 aliphatic carbocycles. The molecule has 5 rings (SSSR count). The largest absolute Gasteiger partial charge is 0.410 e. The Labute approximate surface area is 179 Å². The maximum Gasteiger partial charge on any atom is 0.150 e. The fourth-order valence-corrected chi connectivity index (χ4v) is 4.42. The molecule has 0 spiro atoms. The highest BCUT2D eigenvalue weighted by atomic mass is 16.4. The first-order valence-corrected chi connectivity index (χ1v) is 10.2. The van der Waals surface area contributed by atoms with Crippen LogP contribution < -0.4 is 5.73 Å². The minimum absolute atomic E-state index is 0.170. The van der Waals surface area contributed by atoms with Crippen molar-refractivity contribution in [2.24, 2.45) is 5.16 Å². The van der Waals surface area contributed by atoms with Crippen LogP contribution in [0.15, 0.2) is 72.1 Å². The quantitative estimate of drug-likeness (QED) is 0.268. The van der Waals surface area contributed by atoms with Crippen LogP contribution in [0, 0.1) is 0 Å². The maximum atomic E-state index is 10.2. The Balaban J connectivity index is 1.56. The summed E-state index contributed by atoms with van der Waals surface area (Å²) < 4.78 is 1.98. The van der Waals surface area contributed by atoms with Crippen LogP contribution in [0.2, 0.25) is 0 Å². The van der Waals surface area contributed by atoms with Crippen LogP contribution in [-0.2, 0) is 0 Å². The summed E-state index contributed by atoms with van der Waals surface area (Å²) in [7, 11) is 0. The molecule has 2 aromatic heterocycles. The van der Waals surface area contributed by atoms with Gasteiger partial charge in [0.15, 0.2) is 0 Å². The molecule has 0 atom stereocenters. The second kappa shape index (κ2) is 7.21. The molecule has 0 bridgehead atoms. The number of hydrogen-bond acceptors (Lipinski definition) is 6. The third kappa shape index (κ3) is 3.33. The molecule has 0 aliphatic heterocycles. The Morgan fingerprint density at radius 3 is 2.42 bits per heavy atom. The molecule has 2 heterocycles. The molecule has 0 saturated heterocycles. The van der Waals surface area contributed by atoms with E-state index < -0.39 is 5.60 Å². The summed E-state index contributed by atoms with van der Waals surface area (Å²) in [6.45, 7) is 1.85. The molecule has 0 radical (unpaired) electrons. The van der Waals surface area contributed by atoms with Crippen molar-refractivity contribution in [1.29, 1.82) is 0 Å². The normalized spacial score (nSPS) is 21.2. The summed E-state index contributed by atoms with van der Waals surface area (Å²) in [5.41, 5.74) is 10.1. The van der Waals surface area contributed by atoms with Gasteiger partial charge in [-0.3, -0.25) is 4.40 Å². The molecule has 1 saturated carbocycles. The van der Waals surface area contributed by atoms with Crippen LogP contribution >= 0.6 is 0 Å². The minimum atomic E-state index is -0.644. The number of benzene rings is 2. The van der Waals surface area contributed by atoms with Gasteiger partial charge in [-0.1, -0.05) is 59.8 Å². The number of anilines is 1. The van der Waals surface area contributed by atoms with E-state index in [1.54, 1.807) is 6.20 Å². The molecule has 4 N–H and O–H groups in total. The lowest BCUT2D eigenvalue weighted by molar-refractivity contribution is -0.0335. The number of rotatable bonds is 4. The Morgan fingerprint density at radius 2 is 1.77 bits per heavy atom. The SMILES string of the molecule is C[C@]1(O)C[C@@H](c2nc(-c3ccc(/C(=N/O)c4ccccc4)cc3)c3c(N)nccn32)C1.